The SMILES string of the molecule is Cl.O=C(c1cc2ccccc2oc1=O)N1CCC2(CCNCC2)C1. The smallest absolute Gasteiger partial charge is 0.349 e. The number of fused-ring (bicyclic) bond motifs is 1. The van der Waals surface area contributed by atoms with Gasteiger partial charge in [-0.2, -0.15) is 0 Å². The zero-order chi connectivity index (χ0) is 15.9. The fourth-order valence-electron chi connectivity index (χ4n) is 3.86. The minimum Gasteiger partial charge on any atom is -0.422 e. The number of piperidine rings is 1. The number of halogens is 1. The first kappa shape index (κ1) is 17.0. The van der Waals surface area contributed by atoms with Gasteiger partial charge in [-0.15, -0.1) is 12.4 Å². The summed E-state index contributed by atoms with van der Waals surface area (Å²) < 4.78 is 5.30. The number of amides is 1. The molecule has 0 aliphatic carbocycles. The molecule has 5 nitrogen and oxygen atoms in total. The first-order valence-corrected chi connectivity index (χ1v) is 8.20. The maximum atomic E-state index is 12.8. The van der Waals surface area contributed by atoms with E-state index in [1.165, 1.54) is 0 Å². The molecule has 0 radical (unpaired) electrons. The molecule has 2 aliphatic rings. The molecule has 3 heterocycles. The molecule has 6 heteroatoms. The van der Waals surface area contributed by atoms with E-state index in [0.29, 0.717) is 5.58 Å². The number of nitrogens with one attached hydrogen (secondary N) is 1. The molecule has 2 saturated heterocycles. The van der Waals surface area contributed by atoms with Crippen LogP contribution >= 0.6 is 12.4 Å². The monoisotopic (exact) mass is 348 g/mol. The quantitative estimate of drug-likeness (QED) is 0.804. The highest BCUT2D eigenvalue weighted by Crippen LogP contribution is 2.38. The van der Waals surface area contributed by atoms with Crippen LogP contribution < -0.4 is 10.9 Å². The van der Waals surface area contributed by atoms with E-state index in [-0.39, 0.29) is 29.3 Å². The molecule has 0 bridgehead atoms. The number of rotatable bonds is 1. The van der Waals surface area contributed by atoms with Crippen molar-refractivity contribution in [2.75, 3.05) is 26.2 Å². The van der Waals surface area contributed by atoms with Crippen molar-refractivity contribution < 1.29 is 9.21 Å². The topological polar surface area (TPSA) is 62.6 Å². The van der Waals surface area contributed by atoms with Gasteiger partial charge in [0.15, 0.2) is 0 Å². The van der Waals surface area contributed by atoms with E-state index in [2.05, 4.69) is 5.32 Å². The molecule has 2 aromatic rings. The summed E-state index contributed by atoms with van der Waals surface area (Å²) in [5.41, 5.74) is 0.359. The molecule has 0 atom stereocenters. The van der Waals surface area contributed by atoms with Crippen molar-refractivity contribution in [3.8, 4) is 0 Å². The van der Waals surface area contributed by atoms with Crippen molar-refractivity contribution >= 4 is 29.3 Å². The third kappa shape index (κ3) is 2.94. The Morgan fingerprint density at radius 3 is 2.71 bits per heavy atom. The normalized spacial score (nSPS) is 19.4. The highest BCUT2D eigenvalue weighted by molar-refractivity contribution is 5.96. The Morgan fingerprint density at radius 2 is 1.92 bits per heavy atom. The highest BCUT2D eigenvalue weighted by atomic mass is 35.5. The van der Waals surface area contributed by atoms with Gasteiger partial charge in [0.2, 0.25) is 0 Å². The predicted molar refractivity (Wildman–Crippen MR) is 94.8 cm³/mol. The Kier molecular flexibility index (Phi) is 4.65. The second kappa shape index (κ2) is 6.57. The second-order valence-corrected chi connectivity index (χ2v) is 6.71. The number of para-hydroxylation sites is 1. The van der Waals surface area contributed by atoms with E-state index in [9.17, 15) is 9.59 Å². The van der Waals surface area contributed by atoms with E-state index >= 15 is 0 Å². The van der Waals surface area contributed by atoms with Crippen LogP contribution in [-0.2, 0) is 0 Å². The minimum atomic E-state index is -0.542. The zero-order valence-electron chi connectivity index (χ0n) is 13.4. The van der Waals surface area contributed by atoms with Crippen LogP contribution in [-0.4, -0.2) is 37.0 Å². The minimum absolute atomic E-state index is 0. The lowest BCUT2D eigenvalue weighted by Gasteiger charge is -2.33. The first-order valence-electron chi connectivity index (χ1n) is 8.20. The van der Waals surface area contributed by atoms with Crippen molar-refractivity contribution in [1.82, 2.24) is 10.2 Å². The van der Waals surface area contributed by atoms with Gasteiger partial charge in [-0.3, -0.25) is 4.79 Å². The van der Waals surface area contributed by atoms with Gasteiger partial charge in [0.1, 0.15) is 11.1 Å². The number of likely N-dealkylation sites (tertiary alicyclic amines) is 1. The van der Waals surface area contributed by atoms with Gasteiger partial charge in [0.05, 0.1) is 0 Å². The lowest BCUT2D eigenvalue weighted by Crippen LogP contribution is -2.40. The van der Waals surface area contributed by atoms with Crippen molar-refractivity contribution in [3.05, 3.63) is 46.3 Å². The van der Waals surface area contributed by atoms with Gasteiger partial charge in [0.25, 0.3) is 5.91 Å². The molecule has 2 fully saturated rings. The van der Waals surface area contributed by atoms with Crippen LogP contribution in [0.15, 0.2) is 39.5 Å². The van der Waals surface area contributed by atoms with Crippen LogP contribution in [0.3, 0.4) is 0 Å². The fraction of sp³-hybridized carbons (Fsp3) is 0.444. The van der Waals surface area contributed by atoms with Gasteiger partial charge < -0.3 is 14.6 Å². The van der Waals surface area contributed by atoms with E-state index in [0.717, 1.165) is 50.8 Å². The average Bonchev–Trinajstić information content (AvgIpc) is 2.98. The Balaban J connectivity index is 0.00000169. The molecule has 0 saturated carbocycles. The third-order valence-electron chi connectivity index (χ3n) is 5.26. The lowest BCUT2D eigenvalue weighted by molar-refractivity contribution is 0.0758. The summed E-state index contributed by atoms with van der Waals surface area (Å²) in [4.78, 5) is 26.8. The van der Waals surface area contributed by atoms with Crippen molar-refractivity contribution in [3.63, 3.8) is 0 Å². The number of hydrogen-bond donors (Lipinski definition) is 1. The van der Waals surface area contributed by atoms with E-state index in [1.807, 2.05) is 23.1 Å². The second-order valence-electron chi connectivity index (χ2n) is 6.71. The fourth-order valence-corrected chi connectivity index (χ4v) is 3.86. The molecule has 0 unspecified atom stereocenters. The number of carbonyl (C=O) groups excluding carboxylic acids is 1. The Hall–Kier alpha value is -1.85. The first-order chi connectivity index (χ1) is 11.2. The van der Waals surface area contributed by atoms with Crippen LogP contribution in [0.2, 0.25) is 0 Å². The summed E-state index contributed by atoms with van der Waals surface area (Å²) in [6.07, 6.45) is 3.23. The summed E-state index contributed by atoms with van der Waals surface area (Å²) in [6, 6.07) is 8.94. The van der Waals surface area contributed by atoms with Gasteiger partial charge in [-0.1, -0.05) is 18.2 Å². The van der Waals surface area contributed by atoms with Gasteiger partial charge in [0, 0.05) is 18.5 Å². The van der Waals surface area contributed by atoms with Gasteiger partial charge in [-0.25, -0.2) is 4.79 Å². The largest absolute Gasteiger partial charge is 0.422 e. The van der Waals surface area contributed by atoms with Gasteiger partial charge >= 0.3 is 5.63 Å². The number of carbonyl (C=O) groups is 1. The van der Waals surface area contributed by atoms with Crippen LogP contribution in [0.1, 0.15) is 29.6 Å². The summed E-state index contributed by atoms with van der Waals surface area (Å²) in [5, 5.41) is 4.16. The standard InChI is InChI=1S/C18H20N2O3.ClH/c21-16(20-10-7-18(12-20)5-8-19-9-6-18)14-11-13-3-1-2-4-15(13)23-17(14)22;/h1-4,11,19H,5-10,12H2;1H. The van der Waals surface area contributed by atoms with E-state index < -0.39 is 5.63 Å². The van der Waals surface area contributed by atoms with Crippen molar-refractivity contribution in [2.45, 2.75) is 19.3 Å². The highest BCUT2D eigenvalue weighted by Gasteiger charge is 2.41. The lowest BCUT2D eigenvalue weighted by atomic mass is 9.78. The molecular weight excluding hydrogens is 328 g/mol. The zero-order valence-corrected chi connectivity index (χ0v) is 14.2. The molecule has 1 aromatic carbocycles. The van der Waals surface area contributed by atoms with Crippen LogP contribution in [0.5, 0.6) is 0 Å². The molecule has 24 heavy (non-hydrogen) atoms. The molecule has 2 aliphatic heterocycles. The van der Waals surface area contributed by atoms with Crippen LogP contribution in [0.4, 0.5) is 0 Å². The maximum Gasteiger partial charge on any atom is 0.349 e. The maximum absolute atomic E-state index is 12.8. The summed E-state index contributed by atoms with van der Waals surface area (Å²) in [7, 11) is 0. The summed E-state index contributed by atoms with van der Waals surface area (Å²) in [5.74, 6) is -0.195. The number of nitrogens with zero attached hydrogens (tertiary/aromatic N) is 1. The average molecular weight is 349 g/mol. The molecule has 1 amide bonds. The molecular formula is C18H21ClN2O3. The third-order valence-corrected chi connectivity index (χ3v) is 5.26. The van der Waals surface area contributed by atoms with Crippen LogP contribution in [0, 0.1) is 5.41 Å². The summed E-state index contributed by atoms with van der Waals surface area (Å²) in [6.45, 7) is 3.51. The van der Waals surface area contributed by atoms with E-state index in [4.69, 9.17) is 4.42 Å². The molecule has 1 aromatic heterocycles. The Morgan fingerprint density at radius 1 is 1.17 bits per heavy atom. The number of hydrogen-bond acceptors (Lipinski definition) is 4. The molecule has 4 rings (SSSR count). The van der Waals surface area contributed by atoms with Crippen LogP contribution in [0.25, 0.3) is 11.0 Å². The van der Waals surface area contributed by atoms with Gasteiger partial charge in [-0.05, 0) is 49.9 Å². The number of benzene rings is 1. The molecule has 1 N–H and O–H groups in total. The summed E-state index contributed by atoms with van der Waals surface area (Å²) >= 11 is 0. The van der Waals surface area contributed by atoms with Crippen molar-refractivity contribution in [1.29, 1.82) is 0 Å². The van der Waals surface area contributed by atoms with E-state index in [1.54, 1.807) is 12.1 Å². The Labute approximate surface area is 146 Å². The molecule has 128 valence electrons. The molecule has 1 spiro atoms. The predicted octanol–water partition coefficient (Wildman–Crippen LogP) is 2.43. The Bertz CT molecular complexity index is 811. The van der Waals surface area contributed by atoms with Crippen molar-refractivity contribution in [2.24, 2.45) is 5.41 Å².